The molecule has 0 unspecified atom stereocenters. The van der Waals surface area contributed by atoms with Crippen molar-refractivity contribution in [3.05, 3.63) is 64.8 Å². The summed E-state index contributed by atoms with van der Waals surface area (Å²) in [5.41, 5.74) is 2.14. The fraction of sp³-hybridized carbons (Fsp3) is 0.300. The summed E-state index contributed by atoms with van der Waals surface area (Å²) in [6, 6.07) is 13.7. The van der Waals surface area contributed by atoms with Crippen LogP contribution in [0, 0.1) is 5.82 Å². The topological polar surface area (TPSA) is 70.1 Å². The third kappa shape index (κ3) is 3.78. The second-order valence-electron chi connectivity index (χ2n) is 6.88. The van der Waals surface area contributed by atoms with Gasteiger partial charge in [0.05, 0.1) is 17.6 Å². The summed E-state index contributed by atoms with van der Waals surface area (Å²) in [7, 11) is 0. The summed E-state index contributed by atoms with van der Waals surface area (Å²) in [6.07, 6.45) is 1.60. The van der Waals surface area contributed by atoms with Gasteiger partial charge in [-0.2, -0.15) is 0 Å². The van der Waals surface area contributed by atoms with Crippen molar-refractivity contribution in [2.45, 2.75) is 18.9 Å². The van der Waals surface area contributed by atoms with Crippen molar-refractivity contribution in [1.82, 2.24) is 14.5 Å². The average Bonchev–Trinajstić information content (AvgIpc) is 2.98. The molecule has 3 aromatic rings. The number of H-pyrrole nitrogens is 1. The molecule has 0 saturated carbocycles. The molecule has 1 fully saturated rings. The van der Waals surface area contributed by atoms with E-state index in [0.29, 0.717) is 5.69 Å². The smallest absolute Gasteiger partial charge is 0.325 e. The van der Waals surface area contributed by atoms with E-state index in [9.17, 15) is 14.0 Å². The fourth-order valence-electron chi connectivity index (χ4n) is 3.74. The molecule has 1 saturated heterocycles. The minimum atomic E-state index is -0.377. The molecule has 0 atom stereocenters. The number of para-hydroxylation sites is 2. The van der Waals surface area contributed by atoms with Crippen molar-refractivity contribution in [2.75, 3.05) is 25.0 Å². The van der Waals surface area contributed by atoms with E-state index in [2.05, 4.69) is 15.2 Å². The molecule has 27 heavy (non-hydrogen) atoms. The standard InChI is InChI=1S/C20H21FN4O2/c21-14-4-3-5-15(12-14)22-19(26)13-24-10-8-16(9-11-24)25-18-7-2-1-6-17(18)23-20(25)27/h1-7,12,16H,8-11,13H2,(H,22,26)(H,23,27). The van der Waals surface area contributed by atoms with Gasteiger partial charge in [0.2, 0.25) is 5.91 Å². The number of likely N-dealkylation sites (tertiary alicyclic amines) is 1. The normalized spacial score (nSPS) is 15.9. The van der Waals surface area contributed by atoms with Gasteiger partial charge in [0.15, 0.2) is 0 Å². The number of carbonyl (C=O) groups is 1. The predicted molar refractivity (Wildman–Crippen MR) is 102 cm³/mol. The number of carbonyl (C=O) groups excluding carboxylic acids is 1. The third-order valence-electron chi connectivity index (χ3n) is 5.02. The molecule has 0 bridgehead atoms. The lowest BCUT2D eigenvalue weighted by atomic mass is 10.0. The van der Waals surface area contributed by atoms with Crippen LogP contribution in [-0.2, 0) is 4.79 Å². The molecule has 0 spiro atoms. The summed E-state index contributed by atoms with van der Waals surface area (Å²) in [6.45, 7) is 1.71. The maximum absolute atomic E-state index is 13.2. The number of benzene rings is 2. The molecule has 0 aliphatic carbocycles. The molecule has 1 aliphatic heterocycles. The monoisotopic (exact) mass is 368 g/mol. The Balaban J connectivity index is 1.37. The highest BCUT2D eigenvalue weighted by molar-refractivity contribution is 5.92. The molecular formula is C20H21FN4O2. The van der Waals surface area contributed by atoms with Crippen LogP contribution >= 0.6 is 0 Å². The van der Waals surface area contributed by atoms with Gasteiger partial charge >= 0.3 is 5.69 Å². The lowest BCUT2D eigenvalue weighted by molar-refractivity contribution is -0.117. The molecule has 0 radical (unpaired) electrons. The van der Waals surface area contributed by atoms with E-state index in [1.54, 1.807) is 12.1 Å². The van der Waals surface area contributed by atoms with Crippen molar-refractivity contribution in [2.24, 2.45) is 0 Å². The molecule has 7 heteroatoms. The second kappa shape index (κ2) is 7.36. The van der Waals surface area contributed by atoms with Crippen LogP contribution in [0.1, 0.15) is 18.9 Å². The van der Waals surface area contributed by atoms with E-state index in [-0.39, 0.29) is 30.0 Å². The number of rotatable bonds is 4. The van der Waals surface area contributed by atoms with E-state index in [0.717, 1.165) is 37.0 Å². The number of piperidine rings is 1. The van der Waals surface area contributed by atoms with Crippen molar-refractivity contribution < 1.29 is 9.18 Å². The minimum Gasteiger partial charge on any atom is -0.325 e. The van der Waals surface area contributed by atoms with Crippen LogP contribution < -0.4 is 11.0 Å². The van der Waals surface area contributed by atoms with Crippen molar-refractivity contribution in [3.63, 3.8) is 0 Å². The highest BCUT2D eigenvalue weighted by Crippen LogP contribution is 2.24. The molecule has 1 amide bonds. The Morgan fingerprint density at radius 1 is 1.15 bits per heavy atom. The minimum absolute atomic E-state index is 0.0847. The summed E-state index contributed by atoms with van der Waals surface area (Å²) >= 11 is 0. The van der Waals surface area contributed by atoms with Gasteiger partial charge in [-0.05, 0) is 43.2 Å². The van der Waals surface area contributed by atoms with Gasteiger partial charge in [0.1, 0.15) is 5.82 Å². The summed E-state index contributed by atoms with van der Waals surface area (Å²) < 4.78 is 15.0. The number of nitrogens with zero attached hydrogens (tertiary/aromatic N) is 2. The van der Waals surface area contributed by atoms with Gasteiger partial charge in [-0.1, -0.05) is 18.2 Å². The Hall–Kier alpha value is -2.93. The number of aromatic amines is 1. The largest absolute Gasteiger partial charge is 0.326 e. The maximum atomic E-state index is 13.2. The lowest BCUT2D eigenvalue weighted by Gasteiger charge is -2.32. The average molecular weight is 368 g/mol. The first-order valence-electron chi connectivity index (χ1n) is 9.07. The van der Waals surface area contributed by atoms with Crippen molar-refractivity contribution >= 4 is 22.6 Å². The number of fused-ring (bicyclic) bond motifs is 1. The maximum Gasteiger partial charge on any atom is 0.326 e. The number of imidazole rings is 1. The highest BCUT2D eigenvalue weighted by atomic mass is 19.1. The molecule has 1 aromatic heterocycles. The van der Waals surface area contributed by atoms with Crippen molar-refractivity contribution in [1.29, 1.82) is 0 Å². The molecule has 4 rings (SSSR count). The third-order valence-corrected chi connectivity index (χ3v) is 5.02. The summed E-state index contributed by atoms with van der Waals surface area (Å²) in [5, 5.41) is 2.72. The van der Waals surface area contributed by atoms with E-state index in [4.69, 9.17) is 0 Å². The van der Waals surface area contributed by atoms with E-state index in [1.807, 2.05) is 28.8 Å². The van der Waals surface area contributed by atoms with Gasteiger partial charge in [0, 0.05) is 24.8 Å². The first kappa shape index (κ1) is 17.5. The van der Waals surface area contributed by atoms with Gasteiger partial charge in [-0.25, -0.2) is 9.18 Å². The van der Waals surface area contributed by atoms with Crippen LogP contribution in [0.3, 0.4) is 0 Å². The quantitative estimate of drug-likeness (QED) is 0.744. The first-order valence-corrected chi connectivity index (χ1v) is 9.07. The number of anilines is 1. The molecule has 2 heterocycles. The van der Waals surface area contributed by atoms with E-state index < -0.39 is 0 Å². The molecule has 1 aliphatic rings. The molecule has 140 valence electrons. The van der Waals surface area contributed by atoms with E-state index in [1.165, 1.54) is 12.1 Å². The fourth-order valence-corrected chi connectivity index (χ4v) is 3.74. The van der Waals surface area contributed by atoms with Crippen LogP contribution in [0.5, 0.6) is 0 Å². The van der Waals surface area contributed by atoms with Crippen LogP contribution in [-0.4, -0.2) is 40.0 Å². The first-order chi connectivity index (χ1) is 13.1. The van der Waals surface area contributed by atoms with E-state index >= 15 is 0 Å². The number of hydrogen-bond acceptors (Lipinski definition) is 3. The molecular weight excluding hydrogens is 347 g/mol. The number of halogens is 1. The summed E-state index contributed by atoms with van der Waals surface area (Å²) in [4.78, 5) is 29.5. The van der Waals surface area contributed by atoms with Gasteiger partial charge in [-0.3, -0.25) is 14.3 Å². The Bertz CT molecular complexity index is 1020. The molecule has 6 nitrogen and oxygen atoms in total. The number of aromatic nitrogens is 2. The zero-order chi connectivity index (χ0) is 18.8. The summed E-state index contributed by atoms with van der Waals surface area (Å²) in [5.74, 6) is -0.541. The van der Waals surface area contributed by atoms with Crippen LogP contribution in [0.2, 0.25) is 0 Å². The van der Waals surface area contributed by atoms with Crippen LogP contribution in [0.25, 0.3) is 11.0 Å². The second-order valence-corrected chi connectivity index (χ2v) is 6.88. The Morgan fingerprint density at radius 3 is 2.70 bits per heavy atom. The Morgan fingerprint density at radius 2 is 1.93 bits per heavy atom. The highest BCUT2D eigenvalue weighted by Gasteiger charge is 2.24. The Kier molecular flexibility index (Phi) is 4.77. The Labute approximate surface area is 155 Å². The van der Waals surface area contributed by atoms with Crippen LogP contribution in [0.4, 0.5) is 10.1 Å². The number of amides is 1. The zero-order valence-corrected chi connectivity index (χ0v) is 14.8. The predicted octanol–water partition coefficient (Wildman–Crippen LogP) is 2.74. The van der Waals surface area contributed by atoms with Gasteiger partial charge in [-0.15, -0.1) is 0 Å². The number of hydrogen-bond donors (Lipinski definition) is 2. The zero-order valence-electron chi connectivity index (χ0n) is 14.8. The van der Waals surface area contributed by atoms with Crippen LogP contribution in [0.15, 0.2) is 53.3 Å². The lowest BCUT2D eigenvalue weighted by Crippen LogP contribution is -2.41. The number of nitrogens with one attached hydrogen (secondary N) is 2. The molecule has 2 N–H and O–H groups in total. The molecule has 2 aromatic carbocycles. The van der Waals surface area contributed by atoms with Gasteiger partial charge < -0.3 is 10.3 Å². The SMILES string of the molecule is O=C(CN1CCC(n2c(=O)[nH]c3ccccc32)CC1)Nc1cccc(F)c1. The van der Waals surface area contributed by atoms with Gasteiger partial charge in [0.25, 0.3) is 0 Å². The van der Waals surface area contributed by atoms with Crippen molar-refractivity contribution in [3.8, 4) is 0 Å².